The van der Waals surface area contributed by atoms with Crippen LogP contribution in [0.5, 0.6) is 0 Å². The van der Waals surface area contributed by atoms with Gasteiger partial charge in [-0.15, -0.1) is 0 Å². The Morgan fingerprint density at radius 3 is 2.52 bits per heavy atom. The molecule has 1 aromatic carbocycles. The van der Waals surface area contributed by atoms with Crippen molar-refractivity contribution in [1.82, 2.24) is 0 Å². The second kappa shape index (κ2) is 8.15. The van der Waals surface area contributed by atoms with Crippen LogP contribution in [0, 0.1) is 5.41 Å². The van der Waals surface area contributed by atoms with Gasteiger partial charge in [0.15, 0.2) is 0 Å². The molecule has 4 heteroatoms. The number of nitrogens with two attached hydrogens (primary N) is 1. The number of nitrogens with one attached hydrogen (secondary N) is 1. The molecular formula is C17H28N2O2. The first-order chi connectivity index (χ1) is 9.97. The van der Waals surface area contributed by atoms with Crippen molar-refractivity contribution in [2.24, 2.45) is 11.1 Å². The van der Waals surface area contributed by atoms with Gasteiger partial charge in [-0.05, 0) is 44.4 Å². The predicted molar refractivity (Wildman–Crippen MR) is 87.1 cm³/mol. The number of amides is 1. The van der Waals surface area contributed by atoms with Crippen LogP contribution in [0.15, 0.2) is 24.3 Å². The monoisotopic (exact) mass is 292 g/mol. The highest BCUT2D eigenvalue weighted by Crippen LogP contribution is 2.27. The van der Waals surface area contributed by atoms with E-state index in [1.165, 1.54) is 0 Å². The van der Waals surface area contributed by atoms with Gasteiger partial charge in [-0.25, -0.2) is 0 Å². The van der Waals surface area contributed by atoms with E-state index in [1.54, 1.807) is 0 Å². The zero-order chi connectivity index (χ0) is 15.9. The van der Waals surface area contributed by atoms with E-state index < -0.39 is 5.41 Å². The molecule has 0 saturated heterocycles. The molecule has 0 heterocycles. The Labute approximate surface area is 128 Å². The fourth-order valence-electron chi connectivity index (χ4n) is 2.22. The highest BCUT2D eigenvalue weighted by molar-refractivity contribution is 5.95. The maximum atomic E-state index is 12.5. The topological polar surface area (TPSA) is 64.4 Å². The zero-order valence-electron chi connectivity index (χ0n) is 13.6. The molecule has 1 amide bonds. The Bertz CT molecular complexity index is 446. The standard InChI is InChI=1S/C17H28N2O2/c1-5-17(6-2,12-18)16(20)19-15-9-7-8-14(10-15)11-21-13(3)4/h7-10,13H,5-6,11-12,18H2,1-4H3,(H,19,20). The Hall–Kier alpha value is -1.39. The number of carbonyl (C=O) groups excluding carboxylic acids is 1. The summed E-state index contributed by atoms with van der Waals surface area (Å²) in [6, 6.07) is 7.76. The van der Waals surface area contributed by atoms with Crippen molar-refractivity contribution in [3.8, 4) is 0 Å². The highest BCUT2D eigenvalue weighted by Gasteiger charge is 2.33. The minimum absolute atomic E-state index is 0.00284. The number of anilines is 1. The Balaban J connectivity index is 2.78. The molecule has 118 valence electrons. The maximum Gasteiger partial charge on any atom is 0.231 e. The van der Waals surface area contributed by atoms with Gasteiger partial charge in [0.05, 0.1) is 18.1 Å². The Kier molecular flexibility index (Phi) is 6.85. The van der Waals surface area contributed by atoms with Crippen LogP contribution in [0.2, 0.25) is 0 Å². The van der Waals surface area contributed by atoms with E-state index in [0.29, 0.717) is 13.2 Å². The molecule has 0 spiro atoms. The van der Waals surface area contributed by atoms with E-state index in [-0.39, 0.29) is 12.0 Å². The zero-order valence-corrected chi connectivity index (χ0v) is 13.6. The van der Waals surface area contributed by atoms with Gasteiger partial charge in [-0.2, -0.15) is 0 Å². The molecular weight excluding hydrogens is 264 g/mol. The highest BCUT2D eigenvalue weighted by atomic mass is 16.5. The summed E-state index contributed by atoms with van der Waals surface area (Å²) in [7, 11) is 0. The molecule has 0 aliphatic carbocycles. The number of hydrogen-bond acceptors (Lipinski definition) is 3. The molecule has 0 saturated carbocycles. The maximum absolute atomic E-state index is 12.5. The van der Waals surface area contributed by atoms with Crippen molar-refractivity contribution in [1.29, 1.82) is 0 Å². The first kappa shape index (κ1) is 17.7. The summed E-state index contributed by atoms with van der Waals surface area (Å²) in [6.45, 7) is 8.92. The van der Waals surface area contributed by atoms with E-state index in [2.05, 4.69) is 5.32 Å². The summed E-state index contributed by atoms with van der Waals surface area (Å²) in [6.07, 6.45) is 1.66. The van der Waals surface area contributed by atoms with Crippen molar-refractivity contribution >= 4 is 11.6 Å². The van der Waals surface area contributed by atoms with Gasteiger partial charge in [0.2, 0.25) is 5.91 Å². The third kappa shape index (κ3) is 4.83. The number of benzene rings is 1. The lowest BCUT2D eigenvalue weighted by molar-refractivity contribution is -0.125. The Morgan fingerprint density at radius 1 is 1.33 bits per heavy atom. The fourth-order valence-corrected chi connectivity index (χ4v) is 2.22. The van der Waals surface area contributed by atoms with Gasteiger partial charge < -0.3 is 15.8 Å². The first-order valence-corrected chi connectivity index (χ1v) is 7.69. The van der Waals surface area contributed by atoms with E-state index in [4.69, 9.17) is 10.5 Å². The van der Waals surface area contributed by atoms with Gasteiger partial charge >= 0.3 is 0 Å². The van der Waals surface area contributed by atoms with Gasteiger partial charge in [0, 0.05) is 12.2 Å². The van der Waals surface area contributed by atoms with Crippen LogP contribution >= 0.6 is 0 Å². The molecule has 21 heavy (non-hydrogen) atoms. The third-order valence-electron chi connectivity index (χ3n) is 3.99. The fraction of sp³-hybridized carbons (Fsp3) is 0.588. The largest absolute Gasteiger partial charge is 0.374 e. The Morgan fingerprint density at radius 2 is 2.00 bits per heavy atom. The summed E-state index contributed by atoms with van der Waals surface area (Å²) in [4.78, 5) is 12.5. The smallest absolute Gasteiger partial charge is 0.231 e. The average molecular weight is 292 g/mol. The normalized spacial score (nSPS) is 11.7. The molecule has 0 aromatic heterocycles. The molecule has 4 nitrogen and oxygen atoms in total. The summed E-state index contributed by atoms with van der Waals surface area (Å²) in [5.74, 6) is -0.00284. The van der Waals surface area contributed by atoms with Crippen molar-refractivity contribution in [2.45, 2.75) is 53.2 Å². The van der Waals surface area contributed by atoms with Crippen molar-refractivity contribution in [3.63, 3.8) is 0 Å². The minimum Gasteiger partial charge on any atom is -0.374 e. The number of hydrogen-bond donors (Lipinski definition) is 2. The number of carbonyl (C=O) groups is 1. The average Bonchev–Trinajstić information content (AvgIpc) is 2.48. The lowest BCUT2D eigenvalue weighted by Crippen LogP contribution is -2.41. The second-order valence-corrected chi connectivity index (χ2v) is 5.71. The molecule has 0 fully saturated rings. The van der Waals surface area contributed by atoms with E-state index >= 15 is 0 Å². The SMILES string of the molecule is CCC(CC)(CN)C(=O)Nc1cccc(COC(C)C)c1. The molecule has 1 aromatic rings. The minimum atomic E-state index is -0.482. The molecule has 0 aliphatic heterocycles. The van der Waals surface area contributed by atoms with Crippen LogP contribution in [0.1, 0.15) is 46.1 Å². The molecule has 1 rings (SSSR count). The van der Waals surface area contributed by atoms with Crippen LogP contribution in [-0.4, -0.2) is 18.6 Å². The van der Waals surface area contributed by atoms with Crippen molar-refractivity contribution in [2.75, 3.05) is 11.9 Å². The second-order valence-electron chi connectivity index (χ2n) is 5.71. The quantitative estimate of drug-likeness (QED) is 0.772. The third-order valence-corrected chi connectivity index (χ3v) is 3.99. The predicted octanol–water partition coefficient (Wildman–Crippen LogP) is 3.32. The van der Waals surface area contributed by atoms with E-state index in [9.17, 15) is 4.79 Å². The van der Waals surface area contributed by atoms with Crippen LogP contribution in [0.3, 0.4) is 0 Å². The van der Waals surface area contributed by atoms with Crippen molar-refractivity contribution in [3.05, 3.63) is 29.8 Å². The summed E-state index contributed by atoms with van der Waals surface area (Å²) < 4.78 is 5.59. The van der Waals surface area contributed by atoms with Gasteiger partial charge in [-0.3, -0.25) is 4.79 Å². The molecule has 0 bridgehead atoms. The first-order valence-electron chi connectivity index (χ1n) is 7.69. The van der Waals surface area contributed by atoms with E-state index in [0.717, 1.165) is 24.1 Å². The lowest BCUT2D eigenvalue weighted by atomic mass is 9.81. The van der Waals surface area contributed by atoms with Crippen molar-refractivity contribution < 1.29 is 9.53 Å². The number of ether oxygens (including phenoxy) is 1. The van der Waals surface area contributed by atoms with Crippen LogP contribution in [0.4, 0.5) is 5.69 Å². The van der Waals surface area contributed by atoms with Crippen LogP contribution in [-0.2, 0) is 16.1 Å². The lowest BCUT2D eigenvalue weighted by Gasteiger charge is -2.28. The number of rotatable bonds is 8. The van der Waals surface area contributed by atoms with Gasteiger partial charge in [-0.1, -0.05) is 26.0 Å². The molecule has 3 N–H and O–H groups in total. The van der Waals surface area contributed by atoms with Crippen LogP contribution < -0.4 is 11.1 Å². The molecule has 0 unspecified atom stereocenters. The van der Waals surface area contributed by atoms with Gasteiger partial charge in [0.25, 0.3) is 0 Å². The van der Waals surface area contributed by atoms with Gasteiger partial charge in [0.1, 0.15) is 0 Å². The molecule has 0 atom stereocenters. The van der Waals surface area contributed by atoms with E-state index in [1.807, 2.05) is 52.0 Å². The summed E-state index contributed by atoms with van der Waals surface area (Å²) in [5.41, 5.74) is 7.18. The summed E-state index contributed by atoms with van der Waals surface area (Å²) in [5, 5.41) is 2.99. The summed E-state index contributed by atoms with van der Waals surface area (Å²) >= 11 is 0. The molecule has 0 aliphatic rings. The van der Waals surface area contributed by atoms with Crippen LogP contribution in [0.25, 0.3) is 0 Å². The molecule has 0 radical (unpaired) electrons.